The fraction of sp³-hybridized carbons (Fsp3) is 0.333. The molecule has 0 heterocycles. The monoisotopic (exact) mass is 251 g/mol. The molecule has 98 valence electrons. The molecule has 0 atom stereocenters. The van der Waals surface area contributed by atoms with E-state index in [9.17, 15) is 9.59 Å². The fourth-order valence-electron chi connectivity index (χ4n) is 1.32. The number of amides is 2. The summed E-state index contributed by atoms with van der Waals surface area (Å²) in [6, 6.07) is 7.07. The number of benzene rings is 1. The molecule has 2 amide bonds. The second-order valence-electron chi connectivity index (χ2n) is 3.67. The van der Waals surface area contributed by atoms with Gasteiger partial charge < -0.3 is 21.1 Å². The summed E-state index contributed by atoms with van der Waals surface area (Å²) in [5.74, 6) is 0.0953. The minimum atomic E-state index is -0.393. The van der Waals surface area contributed by atoms with E-state index in [1.54, 1.807) is 31.4 Å². The van der Waals surface area contributed by atoms with Crippen LogP contribution in [0.5, 0.6) is 5.75 Å². The first-order valence-corrected chi connectivity index (χ1v) is 5.54. The minimum absolute atomic E-state index is 0.129. The maximum absolute atomic E-state index is 11.5. The summed E-state index contributed by atoms with van der Waals surface area (Å²) in [7, 11) is 1.56. The number of ether oxygens (including phenoxy) is 1. The zero-order chi connectivity index (χ0) is 13.4. The van der Waals surface area contributed by atoms with Crippen molar-refractivity contribution in [3.05, 3.63) is 24.3 Å². The third-order valence-corrected chi connectivity index (χ3v) is 2.19. The minimum Gasteiger partial charge on any atom is -0.497 e. The Morgan fingerprint density at radius 3 is 2.83 bits per heavy atom. The van der Waals surface area contributed by atoms with Crippen molar-refractivity contribution in [1.29, 1.82) is 0 Å². The number of hydrogen-bond donors (Lipinski definition) is 3. The lowest BCUT2D eigenvalue weighted by atomic mass is 10.3. The largest absolute Gasteiger partial charge is 0.497 e. The molecule has 1 aromatic carbocycles. The van der Waals surface area contributed by atoms with Gasteiger partial charge in [0.25, 0.3) is 0 Å². The van der Waals surface area contributed by atoms with Gasteiger partial charge in [-0.1, -0.05) is 6.07 Å². The molecule has 1 rings (SSSR count). The van der Waals surface area contributed by atoms with E-state index in [2.05, 4.69) is 10.6 Å². The average molecular weight is 251 g/mol. The number of nitrogens with one attached hydrogen (secondary N) is 2. The molecule has 6 nitrogen and oxygen atoms in total. The molecule has 0 radical (unpaired) electrons. The molecular formula is C12H17N3O3. The van der Waals surface area contributed by atoms with Gasteiger partial charge in [-0.15, -0.1) is 0 Å². The van der Waals surface area contributed by atoms with Crippen LogP contribution in [0.25, 0.3) is 0 Å². The molecule has 0 saturated carbocycles. The third kappa shape index (κ3) is 5.31. The third-order valence-electron chi connectivity index (χ3n) is 2.19. The summed E-state index contributed by atoms with van der Waals surface area (Å²) in [5.41, 5.74) is 5.63. The molecule has 1 aromatic rings. The first-order valence-electron chi connectivity index (χ1n) is 5.54. The molecular weight excluding hydrogens is 234 g/mol. The SMILES string of the molecule is COc1cccc(NC(=O)CNCCC(N)=O)c1. The number of carbonyl (C=O) groups is 2. The lowest BCUT2D eigenvalue weighted by molar-refractivity contribution is -0.118. The summed E-state index contributed by atoms with van der Waals surface area (Å²) in [6.07, 6.45) is 0.215. The molecule has 0 fully saturated rings. The van der Waals surface area contributed by atoms with Gasteiger partial charge in [-0.05, 0) is 12.1 Å². The topological polar surface area (TPSA) is 93.4 Å². The number of primary amides is 1. The van der Waals surface area contributed by atoms with Gasteiger partial charge in [0.2, 0.25) is 11.8 Å². The van der Waals surface area contributed by atoms with E-state index in [4.69, 9.17) is 10.5 Å². The van der Waals surface area contributed by atoms with Crippen LogP contribution < -0.4 is 21.1 Å². The Morgan fingerprint density at radius 2 is 2.17 bits per heavy atom. The summed E-state index contributed by atoms with van der Waals surface area (Å²) in [5, 5.41) is 5.53. The first kappa shape index (κ1) is 14.0. The Balaban J connectivity index is 2.33. The van der Waals surface area contributed by atoms with Crippen molar-refractivity contribution in [3.63, 3.8) is 0 Å². The van der Waals surface area contributed by atoms with E-state index in [1.807, 2.05) is 0 Å². The Kier molecular flexibility index (Phi) is 5.66. The number of carbonyl (C=O) groups excluding carboxylic acids is 2. The summed E-state index contributed by atoms with van der Waals surface area (Å²) >= 11 is 0. The van der Waals surface area contributed by atoms with Crippen molar-refractivity contribution in [2.75, 3.05) is 25.5 Å². The Labute approximate surface area is 105 Å². The summed E-state index contributed by atoms with van der Waals surface area (Å²) in [4.78, 5) is 22.0. The van der Waals surface area contributed by atoms with Crippen LogP contribution in [0.1, 0.15) is 6.42 Å². The number of anilines is 1. The van der Waals surface area contributed by atoms with Crippen molar-refractivity contribution in [2.45, 2.75) is 6.42 Å². The Bertz CT molecular complexity index is 421. The normalized spacial score (nSPS) is 9.83. The smallest absolute Gasteiger partial charge is 0.238 e. The van der Waals surface area contributed by atoms with E-state index in [0.717, 1.165) is 0 Å². The second kappa shape index (κ2) is 7.29. The molecule has 0 spiro atoms. The lowest BCUT2D eigenvalue weighted by Gasteiger charge is -2.07. The fourth-order valence-corrected chi connectivity index (χ4v) is 1.32. The van der Waals surface area contributed by atoms with E-state index in [1.165, 1.54) is 0 Å². The maximum atomic E-state index is 11.5. The van der Waals surface area contributed by atoms with Crippen LogP contribution in [0.2, 0.25) is 0 Å². The molecule has 4 N–H and O–H groups in total. The van der Waals surface area contributed by atoms with Crippen molar-refractivity contribution < 1.29 is 14.3 Å². The maximum Gasteiger partial charge on any atom is 0.238 e. The van der Waals surface area contributed by atoms with Crippen molar-refractivity contribution >= 4 is 17.5 Å². The molecule has 0 aliphatic carbocycles. The predicted molar refractivity (Wildman–Crippen MR) is 68.3 cm³/mol. The molecule has 0 aliphatic heterocycles. The van der Waals surface area contributed by atoms with Gasteiger partial charge in [0.15, 0.2) is 0 Å². The van der Waals surface area contributed by atoms with Gasteiger partial charge in [-0.25, -0.2) is 0 Å². The molecule has 0 aliphatic rings. The molecule has 6 heteroatoms. The van der Waals surface area contributed by atoms with Gasteiger partial charge in [-0.2, -0.15) is 0 Å². The highest BCUT2D eigenvalue weighted by molar-refractivity contribution is 5.92. The zero-order valence-corrected chi connectivity index (χ0v) is 10.2. The number of rotatable bonds is 7. The van der Waals surface area contributed by atoms with Gasteiger partial charge in [0, 0.05) is 24.7 Å². The van der Waals surface area contributed by atoms with Crippen LogP contribution in [0, 0.1) is 0 Å². The highest BCUT2D eigenvalue weighted by Gasteiger charge is 2.03. The zero-order valence-electron chi connectivity index (χ0n) is 10.2. The van der Waals surface area contributed by atoms with Gasteiger partial charge >= 0.3 is 0 Å². The van der Waals surface area contributed by atoms with Gasteiger partial charge in [-0.3, -0.25) is 9.59 Å². The lowest BCUT2D eigenvalue weighted by Crippen LogP contribution is -2.30. The van der Waals surface area contributed by atoms with Crippen molar-refractivity contribution in [2.24, 2.45) is 5.73 Å². The van der Waals surface area contributed by atoms with Crippen molar-refractivity contribution in [1.82, 2.24) is 5.32 Å². The van der Waals surface area contributed by atoms with Crippen LogP contribution in [0.4, 0.5) is 5.69 Å². The molecule has 0 aromatic heterocycles. The van der Waals surface area contributed by atoms with Crippen LogP contribution in [0.3, 0.4) is 0 Å². The quantitative estimate of drug-likeness (QED) is 0.599. The Hall–Kier alpha value is -2.08. The highest BCUT2D eigenvalue weighted by atomic mass is 16.5. The summed E-state index contributed by atoms with van der Waals surface area (Å²) in [6.45, 7) is 0.519. The predicted octanol–water partition coefficient (Wildman–Crippen LogP) is 0.0987. The second-order valence-corrected chi connectivity index (χ2v) is 3.67. The Morgan fingerprint density at radius 1 is 1.39 bits per heavy atom. The van der Waals surface area contributed by atoms with E-state index in [-0.39, 0.29) is 18.9 Å². The van der Waals surface area contributed by atoms with Crippen molar-refractivity contribution in [3.8, 4) is 5.75 Å². The highest BCUT2D eigenvalue weighted by Crippen LogP contribution is 2.16. The first-order chi connectivity index (χ1) is 8.61. The molecule has 0 bridgehead atoms. The standard InChI is InChI=1S/C12H17N3O3/c1-18-10-4-2-3-9(7-10)15-12(17)8-14-6-5-11(13)16/h2-4,7,14H,5-6,8H2,1H3,(H2,13,16)(H,15,17). The van der Waals surface area contributed by atoms with Crippen LogP contribution in [-0.4, -0.2) is 32.0 Å². The average Bonchev–Trinajstić information content (AvgIpc) is 2.34. The van der Waals surface area contributed by atoms with E-state index in [0.29, 0.717) is 18.0 Å². The van der Waals surface area contributed by atoms with Crippen LogP contribution in [0.15, 0.2) is 24.3 Å². The van der Waals surface area contributed by atoms with Crippen LogP contribution in [-0.2, 0) is 9.59 Å². The molecule has 0 saturated heterocycles. The summed E-state index contributed by atoms with van der Waals surface area (Å²) < 4.78 is 5.04. The van der Waals surface area contributed by atoms with Gasteiger partial charge in [0.1, 0.15) is 5.75 Å². The number of hydrogen-bond acceptors (Lipinski definition) is 4. The van der Waals surface area contributed by atoms with E-state index >= 15 is 0 Å². The molecule has 0 unspecified atom stereocenters. The number of methoxy groups -OCH3 is 1. The van der Waals surface area contributed by atoms with E-state index < -0.39 is 5.91 Å². The van der Waals surface area contributed by atoms with Crippen LogP contribution >= 0.6 is 0 Å². The number of nitrogens with two attached hydrogens (primary N) is 1. The van der Waals surface area contributed by atoms with Gasteiger partial charge in [0.05, 0.1) is 13.7 Å². The molecule has 18 heavy (non-hydrogen) atoms.